The van der Waals surface area contributed by atoms with Crippen LogP contribution in [-0.4, -0.2) is 18.0 Å². The molecule has 0 saturated carbocycles. The van der Waals surface area contributed by atoms with E-state index >= 15 is 0 Å². The molecule has 0 spiro atoms. The smallest absolute Gasteiger partial charge is 0.280 e. The normalized spacial score (nSPS) is 11.9. The Morgan fingerprint density at radius 1 is 1.53 bits per heavy atom. The highest BCUT2D eigenvalue weighted by molar-refractivity contribution is 8.13. The van der Waals surface area contributed by atoms with Gasteiger partial charge in [0.1, 0.15) is 5.82 Å². The van der Waals surface area contributed by atoms with Gasteiger partial charge in [0.15, 0.2) is 5.03 Å². The predicted octanol–water partition coefficient (Wildman–Crippen LogP) is 2.90. The minimum absolute atomic E-state index is 0.0787. The summed E-state index contributed by atoms with van der Waals surface area (Å²) in [7, 11) is 1.54. The van der Waals surface area contributed by atoms with Gasteiger partial charge in [-0.05, 0) is 13.8 Å². The molecule has 0 radical (unpaired) electrons. The molecule has 0 aromatic carbocycles. The zero-order chi connectivity index (χ0) is 13.2. The summed E-state index contributed by atoms with van der Waals surface area (Å²) in [6.45, 7) is 8.52. The number of hydrogen-bond donors (Lipinski definition) is 0. The van der Waals surface area contributed by atoms with Crippen LogP contribution in [0, 0.1) is 0 Å². The highest BCUT2D eigenvalue weighted by Crippen LogP contribution is 2.20. The van der Waals surface area contributed by atoms with E-state index in [9.17, 15) is 8.42 Å². The molecule has 1 aromatic rings. The number of halogens is 1. The summed E-state index contributed by atoms with van der Waals surface area (Å²) in [4.78, 5) is 4.07. The minimum Gasteiger partial charge on any atom is -0.329 e. The molecular formula is C11H17ClN2O2S. The van der Waals surface area contributed by atoms with Crippen molar-refractivity contribution in [2.45, 2.75) is 45.2 Å². The number of rotatable bonds is 4. The molecule has 17 heavy (non-hydrogen) atoms. The molecule has 0 saturated heterocycles. The van der Waals surface area contributed by atoms with E-state index < -0.39 is 9.05 Å². The van der Waals surface area contributed by atoms with E-state index in [2.05, 4.69) is 4.98 Å². The predicted molar refractivity (Wildman–Crippen MR) is 68.8 cm³/mol. The molecule has 0 aliphatic heterocycles. The van der Waals surface area contributed by atoms with Crippen molar-refractivity contribution in [2.24, 2.45) is 0 Å². The number of aromatic nitrogens is 2. The lowest BCUT2D eigenvalue weighted by Crippen LogP contribution is -2.03. The highest BCUT2D eigenvalue weighted by atomic mass is 35.7. The van der Waals surface area contributed by atoms with Crippen LogP contribution in [0.2, 0.25) is 0 Å². The Bertz CT molecular complexity index is 526. The van der Waals surface area contributed by atoms with E-state index in [0.717, 1.165) is 5.82 Å². The fourth-order valence-electron chi connectivity index (χ4n) is 1.41. The van der Waals surface area contributed by atoms with Crippen molar-refractivity contribution in [1.29, 1.82) is 0 Å². The molecule has 6 heteroatoms. The number of allylic oxidation sites excluding steroid dienone is 2. The first-order valence-electron chi connectivity index (χ1n) is 5.37. The van der Waals surface area contributed by atoms with Crippen LogP contribution in [0.15, 0.2) is 22.9 Å². The zero-order valence-electron chi connectivity index (χ0n) is 10.4. The maximum absolute atomic E-state index is 11.2. The van der Waals surface area contributed by atoms with Crippen molar-refractivity contribution in [3.63, 3.8) is 0 Å². The van der Waals surface area contributed by atoms with Gasteiger partial charge >= 0.3 is 0 Å². The number of hydrogen-bond acceptors (Lipinski definition) is 3. The van der Waals surface area contributed by atoms with Crippen LogP contribution >= 0.6 is 10.7 Å². The molecule has 0 bridgehead atoms. The van der Waals surface area contributed by atoms with Crippen LogP contribution in [0.3, 0.4) is 0 Å². The first kappa shape index (κ1) is 14.3. The van der Waals surface area contributed by atoms with Gasteiger partial charge in [-0.1, -0.05) is 25.5 Å². The van der Waals surface area contributed by atoms with Crippen molar-refractivity contribution >= 4 is 19.7 Å². The van der Waals surface area contributed by atoms with Gasteiger partial charge in [-0.15, -0.1) is 0 Å². The molecule has 0 atom stereocenters. The second-order valence-electron chi connectivity index (χ2n) is 4.46. The average Bonchev–Trinajstić information content (AvgIpc) is 2.57. The van der Waals surface area contributed by atoms with E-state index in [0.29, 0.717) is 6.54 Å². The Balaban J connectivity index is 3.19. The van der Waals surface area contributed by atoms with Crippen molar-refractivity contribution in [3.8, 4) is 0 Å². The van der Waals surface area contributed by atoms with Crippen LogP contribution in [0.1, 0.15) is 39.4 Å². The molecule has 0 N–H and O–H groups in total. The van der Waals surface area contributed by atoms with Crippen LogP contribution in [0.4, 0.5) is 0 Å². The summed E-state index contributed by atoms with van der Waals surface area (Å²) < 4.78 is 24.3. The second kappa shape index (κ2) is 5.23. The lowest BCUT2D eigenvalue weighted by Gasteiger charge is -2.07. The first-order valence-corrected chi connectivity index (χ1v) is 7.68. The zero-order valence-corrected chi connectivity index (χ0v) is 12.0. The van der Waals surface area contributed by atoms with Crippen LogP contribution in [0.25, 0.3) is 0 Å². The fraction of sp³-hybridized carbons (Fsp3) is 0.545. The van der Waals surface area contributed by atoms with Gasteiger partial charge in [0.25, 0.3) is 9.05 Å². The maximum atomic E-state index is 11.2. The lowest BCUT2D eigenvalue weighted by molar-refractivity contribution is 0.606. The third-order valence-corrected chi connectivity index (χ3v) is 3.42. The Labute approximate surface area is 107 Å². The van der Waals surface area contributed by atoms with Crippen molar-refractivity contribution in [2.75, 3.05) is 0 Å². The van der Waals surface area contributed by atoms with E-state index in [1.54, 1.807) is 0 Å². The molecule has 0 aliphatic carbocycles. The van der Waals surface area contributed by atoms with Crippen LogP contribution < -0.4 is 0 Å². The van der Waals surface area contributed by atoms with Gasteiger partial charge in [0.05, 0.1) is 0 Å². The van der Waals surface area contributed by atoms with E-state index in [1.807, 2.05) is 38.3 Å². The SMILES string of the molecule is CC(C)=CCn1cc(S(=O)(=O)Cl)nc1C(C)C. The van der Waals surface area contributed by atoms with Gasteiger partial charge in [-0.25, -0.2) is 13.4 Å². The third-order valence-electron chi connectivity index (χ3n) is 2.25. The monoisotopic (exact) mass is 276 g/mol. The average molecular weight is 277 g/mol. The fourth-order valence-corrected chi connectivity index (χ4v) is 2.09. The van der Waals surface area contributed by atoms with Gasteiger partial charge in [-0.2, -0.15) is 0 Å². The van der Waals surface area contributed by atoms with E-state index in [-0.39, 0.29) is 10.9 Å². The Morgan fingerprint density at radius 2 is 2.12 bits per heavy atom. The second-order valence-corrected chi connectivity index (χ2v) is 6.98. The molecule has 96 valence electrons. The Hall–Kier alpha value is -0.810. The quantitative estimate of drug-likeness (QED) is 0.628. The van der Waals surface area contributed by atoms with Crippen LogP contribution in [0.5, 0.6) is 0 Å². The maximum Gasteiger partial charge on any atom is 0.280 e. The Morgan fingerprint density at radius 3 is 2.53 bits per heavy atom. The molecule has 1 aromatic heterocycles. The van der Waals surface area contributed by atoms with Gasteiger partial charge in [0.2, 0.25) is 0 Å². The topological polar surface area (TPSA) is 52.0 Å². The summed E-state index contributed by atoms with van der Waals surface area (Å²) >= 11 is 0. The first-order chi connectivity index (χ1) is 7.71. The standard InChI is InChI=1S/C11H17ClN2O2S/c1-8(2)5-6-14-7-10(17(12,15)16)13-11(14)9(3)4/h5,7,9H,6H2,1-4H3. The third kappa shape index (κ3) is 3.85. The summed E-state index contributed by atoms with van der Waals surface area (Å²) in [6, 6.07) is 0. The molecule has 0 aliphatic rings. The summed E-state index contributed by atoms with van der Waals surface area (Å²) in [5.74, 6) is 0.870. The van der Waals surface area contributed by atoms with Gasteiger partial charge < -0.3 is 4.57 Å². The van der Waals surface area contributed by atoms with Gasteiger partial charge in [0, 0.05) is 29.3 Å². The molecule has 4 nitrogen and oxygen atoms in total. The van der Waals surface area contributed by atoms with Crippen molar-refractivity contribution in [1.82, 2.24) is 9.55 Å². The molecule has 0 unspecified atom stereocenters. The summed E-state index contributed by atoms with van der Waals surface area (Å²) in [5, 5.41) is -0.0787. The van der Waals surface area contributed by atoms with E-state index in [4.69, 9.17) is 10.7 Å². The summed E-state index contributed by atoms with van der Waals surface area (Å²) in [6.07, 6.45) is 3.50. The van der Waals surface area contributed by atoms with Crippen molar-refractivity contribution in [3.05, 3.63) is 23.7 Å². The molecule has 1 heterocycles. The van der Waals surface area contributed by atoms with E-state index in [1.165, 1.54) is 11.8 Å². The molecule has 0 fully saturated rings. The molecular weight excluding hydrogens is 260 g/mol. The van der Waals surface area contributed by atoms with Crippen LogP contribution in [-0.2, 0) is 15.6 Å². The number of nitrogens with zero attached hydrogens (tertiary/aromatic N) is 2. The number of imidazole rings is 1. The largest absolute Gasteiger partial charge is 0.329 e. The van der Waals surface area contributed by atoms with Crippen molar-refractivity contribution < 1.29 is 8.42 Å². The minimum atomic E-state index is -3.76. The highest BCUT2D eigenvalue weighted by Gasteiger charge is 2.18. The Kier molecular flexibility index (Phi) is 4.38. The summed E-state index contributed by atoms with van der Waals surface area (Å²) in [5.41, 5.74) is 1.17. The molecule has 1 rings (SSSR count). The molecule has 0 amide bonds. The van der Waals surface area contributed by atoms with Gasteiger partial charge in [-0.3, -0.25) is 0 Å². The lowest BCUT2D eigenvalue weighted by atomic mass is 10.2.